The topological polar surface area (TPSA) is 157 Å². The number of aliphatic carboxylic acids is 1. The molecule has 1 unspecified atom stereocenters. The average molecular weight is 515 g/mol. The van der Waals surface area contributed by atoms with E-state index in [1.165, 1.54) is 11.0 Å². The van der Waals surface area contributed by atoms with Crippen LogP contribution < -0.4 is 10.0 Å². The van der Waals surface area contributed by atoms with E-state index in [4.69, 9.17) is 0 Å². The van der Waals surface area contributed by atoms with Crippen molar-refractivity contribution in [3.63, 3.8) is 0 Å². The van der Waals surface area contributed by atoms with Gasteiger partial charge in [-0.25, -0.2) is 18.2 Å². The second-order valence-electron chi connectivity index (χ2n) is 8.84. The van der Waals surface area contributed by atoms with E-state index >= 15 is 0 Å². The molecule has 192 valence electrons. The van der Waals surface area contributed by atoms with E-state index in [0.717, 1.165) is 0 Å². The number of sulfonamides is 1. The van der Waals surface area contributed by atoms with Gasteiger partial charge in [-0.3, -0.25) is 9.78 Å². The summed E-state index contributed by atoms with van der Waals surface area (Å²) in [6, 6.07) is 6.35. The van der Waals surface area contributed by atoms with E-state index in [1.807, 2.05) is 0 Å². The summed E-state index contributed by atoms with van der Waals surface area (Å²) in [5, 5.41) is 13.4. The third-order valence-electron chi connectivity index (χ3n) is 6.24. The Labute approximate surface area is 209 Å². The van der Waals surface area contributed by atoms with Gasteiger partial charge in [0, 0.05) is 36.6 Å². The number of pyridine rings is 1. The molecule has 3 heterocycles. The van der Waals surface area contributed by atoms with Crippen molar-refractivity contribution in [2.24, 2.45) is 0 Å². The Kier molecular flexibility index (Phi) is 7.85. The predicted molar refractivity (Wildman–Crippen MR) is 134 cm³/mol. The molecule has 11 nitrogen and oxygen atoms in total. The molecule has 1 saturated heterocycles. The number of anilines is 1. The molecule has 36 heavy (non-hydrogen) atoms. The quantitative estimate of drug-likeness (QED) is 0.300. The zero-order valence-corrected chi connectivity index (χ0v) is 20.8. The van der Waals surface area contributed by atoms with Crippen LogP contribution in [0.15, 0.2) is 47.6 Å². The zero-order chi connectivity index (χ0) is 25.7. The molecule has 0 saturated carbocycles. The standard InChI is InChI=1S/C24H30N6O5S/c1-16-10-11-17-6-4-9-20(21(17)28-16)36(34,35)29-18(7-5-12-25-24-26-13-14-27-24)22(31)30-15-3-2-8-19(30)23(32)33/h4,6,9-11,13-14,18-19,29H,2-3,5,7-8,12,15H2,1H3,(H,32,33)(H2,25,26,27)/t18-,19?/m0/s1. The molecule has 2 atom stereocenters. The summed E-state index contributed by atoms with van der Waals surface area (Å²) in [5.41, 5.74) is 0.983. The number of carbonyl (C=O) groups excluding carboxylic acids is 1. The van der Waals surface area contributed by atoms with Crippen molar-refractivity contribution in [1.29, 1.82) is 0 Å². The average Bonchev–Trinajstić information content (AvgIpc) is 3.38. The lowest BCUT2D eigenvalue weighted by Gasteiger charge is -2.35. The fourth-order valence-corrected chi connectivity index (χ4v) is 5.84. The molecule has 4 rings (SSSR count). The zero-order valence-electron chi connectivity index (χ0n) is 20.0. The smallest absolute Gasteiger partial charge is 0.326 e. The van der Waals surface area contributed by atoms with Crippen LogP contribution in [0.4, 0.5) is 5.95 Å². The van der Waals surface area contributed by atoms with Gasteiger partial charge in [0.15, 0.2) is 5.95 Å². The van der Waals surface area contributed by atoms with Crippen molar-refractivity contribution in [3.8, 4) is 0 Å². The lowest BCUT2D eigenvalue weighted by molar-refractivity contribution is -0.152. The van der Waals surface area contributed by atoms with Crippen molar-refractivity contribution < 1.29 is 23.1 Å². The Morgan fingerprint density at radius 1 is 1.25 bits per heavy atom. The fraction of sp³-hybridized carbons (Fsp3) is 0.417. The van der Waals surface area contributed by atoms with Crippen LogP contribution in [0.1, 0.15) is 37.8 Å². The van der Waals surface area contributed by atoms with Crippen molar-refractivity contribution in [3.05, 3.63) is 48.4 Å². The summed E-state index contributed by atoms with van der Waals surface area (Å²) in [6.45, 7) is 2.49. The minimum absolute atomic E-state index is 0.0244. The van der Waals surface area contributed by atoms with Gasteiger partial charge in [0.1, 0.15) is 17.0 Å². The van der Waals surface area contributed by atoms with Crippen molar-refractivity contribution in [2.45, 2.75) is 56.0 Å². The van der Waals surface area contributed by atoms with Gasteiger partial charge in [0.25, 0.3) is 0 Å². The van der Waals surface area contributed by atoms with Gasteiger partial charge in [0.05, 0.1) is 5.52 Å². The van der Waals surface area contributed by atoms with Gasteiger partial charge in [-0.05, 0) is 51.2 Å². The number of carboxylic acid groups (broad SMARTS) is 1. The Hall–Kier alpha value is -3.51. The van der Waals surface area contributed by atoms with Crippen LogP contribution >= 0.6 is 0 Å². The number of hydrogen-bond acceptors (Lipinski definition) is 7. The fourth-order valence-electron chi connectivity index (χ4n) is 4.45. The number of para-hydroxylation sites is 1. The monoisotopic (exact) mass is 514 g/mol. The normalized spacial score (nSPS) is 17.1. The van der Waals surface area contributed by atoms with Crippen LogP contribution in [-0.4, -0.2) is 70.4 Å². The van der Waals surface area contributed by atoms with E-state index in [-0.39, 0.29) is 17.9 Å². The van der Waals surface area contributed by atoms with Crippen molar-refractivity contribution >= 4 is 38.8 Å². The first-order valence-electron chi connectivity index (χ1n) is 11.9. The number of benzene rings is 1. The molecule has 1 amide bonds. The van der Waals surface area contributed by atoms with Crippen LogP contribution in [-0.2, 0) is 19.6 Å². The summed E-state index contributed by atoms with van der Waals surface area (Å²) >= 11 is 0. The molecule has 12 heteroatoms. The van der Waals surface area contributed by atoms with Gasteiger partial charge >= 0.3 is 5.97 Å². The number of amides is 1. The molecular formula is C24H30N6O5S. The van der Waals surface area contributed by atoms with Gasteiger partial charge < -0.3 is 20.3 Å². The molecule has 2 aromatic heterocycles. The van der Waals surface area contributed by atoms with E-state index in [9.17, 15) is 23.1 Å². The van der Waals surface area contributed by atoms with Crippen LogP contribution in [0, 0.1) is 6.92 Å². The number of aromatic amines is 1. The largest absolute Gasteiger partial charge is 0.480 e. The van der Waals surface area contributed by atoms with Gasteiger partial charge in [-0.15, -0.1) is 0 Å². The maximum absolute atomic E-state index is 13.5. The molecule has 0 spiro atoms. The highest BCUT2D eigenvalue weighted by Gasteiger charge is 2.37. The molecule has 1 aliphatic rings. The molecule has 4 N–H and O–H groups in total. The van der Waals surface area contributed by atoms with Crippen LogP contribution in [0.3, 0.4) is 0 Å². The van der Waals surface area contributed by atoms with Crippen molar-refractivity contribution in [2.75, 3.05) is 18.4 Å². The summed E-state index contributed by atoms with van der Waals surface area (Å²) in [7, 11) is -4.15. The number of piperidine rings is 1. The molecular weight excluding hydrogens is 484 g/mol. The number of fused-ring (bicyclic) bond motifs is 1. The number of rotatable bonds is 10. The molecule has 0 radical (unpaired) electrons. The second-order valence-corrected chi connectivity index (χ2v) is 10.5. The third kappa shape index (κ3) is 5.82. The first kappa shape index (κ1) is 25.6. The van der Waals surface area contributed by atoms with Crippen molar-refractivity contribution in [1.82, 2.24) is 24.6 Å². The summed E-state index contributed by atoms with van der Waals surface area (Å²) < 4.78 is 29.6. The molecule has 0 bridgehead atoms. The number of nitrogens with zero attached hydrogens (tertiary/aromatic N) is 3. The first-order valence-corrected chi connectivity index (χ1v) is 13.4. The molecule has 1 aromatic carbocycles. The lowest BCUT2D eigenvalue weighted by Crippen LogP contribution is -2.55. The van der Waals surface area contributed by atoms with E-state index in [2.05, 4.69) is 25.0 Å². The third-order valence-corrected chi connectivity index (χ3v) is 7.74. The molecule has 0 aliphatic carbocycles. The highest BCUT2D eigenvalue weighted by molar-refractivity contribution is 7.89. The van der Waals surface area contributed by atoms with Gasteiger partial charge in [-0.1, -0.05) is 18.2 Å². The number of hydrogen-bond donors (Lipinski definition) is 4. The number of likely N-dealkylation sites (tertiary alicyclic amines) is 1. The maximum Gasteiger partial charge on any atom is 0.326 e. The molecule has 1 fully saturated rings. The number of carboxylic acids is 1. The number of imidazole rings is 1. The Bertz CT molecular complexity index is 1330. The van der Waals surface area contributed by atoms with Gasteiger partial charge in [0.2, 0.25) is 15.9 Å². The molecule has 1 aliphatic heterocycles. The number of aryl methyl sites for hydroxylation is 1. The number of carbonyl (C=O) groups is 2. The Balaban J connectivity index is 1.59. The lowest BCUT2D eigenvalue weighted by atomic mass is 10.00. The molecule has 3 aromatic rings. The number of nitrogens with one attached hydrogen (secondary N) is 3. The Morgan fingerprint density at radius 2 is 2.08 bits per heavy atom. The van der Waals surface area contributed by atoms with Gasteiger partial charge in [-0.2, -0.15) is 4.72 Å². The van der Waals surface area contributed by atoms with E-state index < -0.39 is 34.0 Å². The summed E-state index contributed by atoms with van der Waals surface area (Å²) in [6.07, 6.45) is 5.60. The van der Waals surface area contributed by atoms with Crippen LogP contribution in [0.2, 0.25) is 0 Å². The predicted octanol–water partition coefficient (Wildman–Crippen LogP) is 2.27. The second kappa shape index (κ2) is 11.0. The maximum atomic E-state index is 13.5. The first-order chi connectivity index (χ1) is 17.3. The highest BCUT2D eigenvalue weighted by Crippen LogP contribution is 2.24. The Morgan fingerprint density at radius 3 is 2.83 bits per heavy atom. The summed E-state index contributed by atoms with van der Waals surface area (Å²) in [5.74, 6) is -1.05. The SMILES string of the molecule is Cc1ccc2cccc(S(=O)(=O)N[C@@H](CCCNc3ncc[nH]3)C(=O)N3CCCCC3C(=O)O)c2n1. The summed E-state index contributed by atoms with van der Waals surface area (Å²) in [4.78, 5) is 38.0. The minimum atomic E-state index is -4.15. The number of aromatic nitrogens is 3. The number of H-pyrrole nitrogens is 1. The van der Waals surface area contributed by atoms with Crippen LogP contribution in [0.25, 0.3) is 10.9 Å². The van der Waals surface area contributed by atoms with E-state index in [0.29, 0.717) is 54.8 Å². The highest BCUT2D eigenvalue weighted by atomic mass is 32.2. The van der Waals surface area contributed by atoms with Crippen LogP contribution in [0.5, 0.6) is 0 Å². The van der Waals surface area contributed by atoms with E-state index in [1.54, 1.807) is 43.6 Å². The minimum Gasteiger partial charge on any atom is -0.480 e.